The van der Waals surface area contributed by atoms with Crippen molar-refractivity contribution in [1.29, 1.82) is 5.26 Å². The molecule has 1 amide bonds. The molecule has 2 aromatic carbocycles. The summed E-state index contributed by atoms with van der Waals surface area (Å²) in [5.41, 5.74) is 5.64. The average molecular weight is 383 g/mol. The van der Waals surface area contributed by atoms with Crippen LogP contribution in [0.4, 0.5) is 5.82 Å². The number of carbonyl (C=O) groups excluding carboxylic acids is 1. The van der Waals surface area contributed by atoms with Gasteiger partial charge < -0.3 is 10.2 Å². The highest BCUT2D eigenvalue weighted by atomic mass is 16.2. The van der Waals surface area contributed by atoms with E-state index in [1.807, 2.05) is 65.9 Å². The minimum absolute atomic E-state index is 0.0150. The van der Waals surface area contributed by atoms with Crippen molar-refractivity contribution in [3.8, 4) is 6.07 Å². The second-order valence-electron chi connectivity index (χ2n) is 7.21. The number of pyridine rings is 1. The molecule has 0 unspecified atom stereocenters. The van der Waals surface area contributed by atoms with Gasteiger partial charge in [-0.05, 0) is 48.4 Å². The van der Waals surface area contributed by atoms with E-state index in [0.717, 1.165) is 28.0 Å². The van der Waals surface area contributed by atoms with E-state index >= 15 is 0 Å². The fourth-order valence-corrected chi connectivity index (χ4v) is 3.44. The molecule has 0 saturated carbocycles. The molecule has 144 valence electrons. The topological polar surface area (TPSA) is 73.4 Å². The highest BCUT2D eigenvalue weighted by Crippen LogP contribution is 2.26. The first-order valence-corrected chi connectivity index (χ1v) is 9.35. The first-order valence-electron chi connectivity index (χ1n) is 9.35. The summed E-state index contributed by atoms with van der Waals surface area (Å²) in [5, 5.41) is 13.1. The number of anilines is 1. The summed E-state index contributed by atoms with van der Waals surface area (Å²) in [6, 6.07) is 19.7. The lowest BCUT2D eigenvalue weighted by Gasteiger charge is -2.13. The van der Waals surface area contributed by atoms with E-state index in [2.05, 4.69) is 16.4 Å². The van der Waals surface area contributed by atoms with E-state index < -0.39 is 0 Å². The molecule has 0 saturated heterocycles. The first kappa shape index (κ1) is 18.5. The Morgan fingerprint density at radius 3 is 2.59 bits per heavy atom. The third kappa shape index (κ3) is 3.27. The molecular formula is C23H21N5O. The van der Waals surface area contributed by atoms with Crippen molar-refractivity contribution in [2.45, 2.75) is 13.5 Å². The highest BCUT2D eigenvalue weighted by Gasteiger charge is 2.15. The van der Waals surface area contributed by atoms with Crippen LogP contribution in [0, 0.1) is 18.3 Å². The Morgan fingerprint density at radius 2 is 1.90 bits per heavy atom. The van der Waals surface area contributed by atoms with Gasteiger partial charge in [-0.3, -0.25) is 9.20 Å². The maximum atomic E-state index is 12.0. The number of hydrogen-bond acceptors (Lipinski definition) is 4. The van der Waals surface area contributed by atoms with Gasteiger partial charge in [0, 0.05) is 26.2 Å². The van der Waals surface area contributed by atoms with Crippen LogP contribution in [0.2, 0.25) is 0 Å². The SMILES string of the molecule is Cc1cc(NCc2ccc(C(=O)N(C)C)cc2)n2c(nc3ccccc32)c1C#N. The maximum Gasteiger partial charge on any atom is 0.253 e. The van der Waals surface area contributed by atoms with Gasteiger partial charge >= 0.3 is 0 Å². The van der Waals surface area contributed by atoms with Gasteiger partial charge in [0.05, 0.1) is 16.6 Å². The molecule has 6 heteroatoms. The van der Waals surface area contributed by atoms with Gasteiger partial charge in [0.2, 0.25) is 0 Å². The summed E-state index contributed by atoms with van der Waals surface area (Å²) in [4.78, 5) is 18.3. The second kappa shape index (κ2) is 7.28. The zero-order valence-electron chi connectivity index (χ0n) is 16.6. The number of nitrogens with one attached hydrogen (secondary N) is 1. The summed E-state index contributed by atoms with van der Waals surface area (Å²) in [6.45, 7) is 2.51. The molecule has 0 aliphatic carbocycles. The molecule has 0 spiro atoms. The molecule has 2 aromatic heterocycles. The zero-order valence-corrected chi connectivity index (χ0v) is 16.6. The first-order chi connectivity index (χ1) is 14.0. The van der Waals surface area contributed by atoms with Crippen LogP contribution in [0.25, 0.3) is 16.7 Å². The summed E-state index contributed by atoms with van der Waals surface area (Å²) in [6.07, 6.45) is 0. The number of carbonyl (C=O) groups is 1. The molecule has 0 aliphatic heterocycles. The number of rotatable bonds is 4. The van der Waals surface area contributed by atoms with Gasteiger partial charge in [-0.15, -0.1) is 0 Å². The van der Waals surface area contributed by atoms with E-state index in [-0.39, 0.29) is 5.91 Å². The van der Waals surface area contributed by atoms with Crippen molar-refractivity contribution in [1.82, 2.24) is 14.3 Å². The fourth-order valence-electron chi connectivity index (χ4n) is 3.44. The molecule has 6 nitrogen and oxygen atoms in total. The normalized spacial score (nSPS) is 10.8. The molecule has 4 rings (SSSR count). The standard InChI is InChI=1S/C23H21N5O/c1-15-12-21(25-14-16-8-10-17(11-9-16)23(29)27(2)3)28-20-7-5-4-6-19(20)26-22(28)18(15)13-24/h4-12,25H,14H2,1-3H3. The number of imidazole rings is 1. The number of fused-ring (bicyclic) bond motifs is 3. The van der Waals surface area contributed by atoms with Gasteiger partial charge in [-0.2, -0.15) is 5.26 Å². The Balaban J connectivity index is 1.70. The monoisotopic (exact) mass is 383 g/mol. The molecule has 1 N–H and O–H groups in total. The van der Waals surface area contributed by atoms with Crippen LogP contribution in [0.15, 0.2) is 54.6 Å². The number of aryl methyl sites for hydroxylation is 1. The van der Waals surface area contributed by atoms with Gasteiger partial charge in [-0.1, -0.05) is 24.3 Å². The van der Waals surface area contributed by atoms with Crippen molar-refractivity contribution in [3.05, 3.63) is 76.9 Å². The van der Waals surface area contributed by atoms with E-state index in [4.69, 9.17) is 0 Å². The number of aromatic nitrogens is 2. The van der Waals surface area contributed by atoms with Crippen molar-refractivity contribution >= 4 is 28.4 Å². The second-order valence-corrected chi connectivity index (χ2v) is 7.21. The fraction of sp³-hybridized carbons (Fsp3) is 0.174. The quantitative estimate of drug-likeness (QED) is 0.578. The van der Waals surface area contributed by atoms with Crippen LogP contribution < -0.4 is 5.32 Å². The molecule has 29 heavy (non-hydrogen) atoms. The molecular weight excluding hydrogens is 362 g/mol. The predicted octanol–water partition coefficient (Wildman–Crippen LogP) is 3.98. The molecule has 0 bridgehead atoms. The Kier molecular flexibility index (Phi) is 4.65. The van der Waals surface area contributed by atoms with Crippen molar-refractivity contribution in [2.75, 3.05) is 19.4 Å². The van der Waals surface area contributed by atoms with Gasteiger partial charge in [0.15, 0.2) is 5.65 Å². The van der Waals surface area contributed by atoms with Gasteiger partial charge in [0.1, 0.15) is 11.9 Å². The maximum absolute atomic E-state index is 12.0. The minimum atomic E-state index is -0.0150. The Bertz CT molecular complexity index is 1260. The lowest BCUT2D eigenvalue weighted by atomic mass is 10.1. The van der Waals surface area contributed by atoms with Gasteiger partial charge in [0.25, 0.3) is 5.91 Å². The summed E-state index contributed by atoms with van der Waals surface area (Å²) in [5.74, 6) is 0.859. The summed E-state index contributed by atoms with van der Waals surface area (Å²) < 4.78 is 1.99. The van der Waals surface area contributed by atoms with E-state index in [1.54, 1.807) is 19.0 Å². The third-order valence-corrected chi connectivity index (χ3v) is 4.97. The van der Waals surface area contributed by atoms with E-state index in [1.165, 1.54) is 0 Å². The Morgan fingerprint density at radius 1 is 1.17 bits per heavy atom. The molecule has 4 aromatic rings. The van der Waals surface area contributed by atoms with Crippen LogP contribution in [-0.4, -0.2) is 34.3 Å². The smallest absolute Gasteiger partial charge is 0.253 e. The lowest BCUT2D eigenvalue weighted by molar-refractivity contribution is 0.0827. The zero-order chi connectivity index (χ0) is 20.5. The van der Waals surface area contributed by atoms with Crippen molar-refractivity contribution < 1.29 is 4.79 Å². The number of para-hydroxylation sites is 2. The Labute approximate surface area is 169 Å². The van der Waals surface area contributed by atoms with Gasteiger partial charge in [-0.25, -0.2) is 4.98 Å². The molecule has 0 atom stereocenters. The number of nitrogens with zero attached hydrogens (tertiary/aromatic N) is 4. The lowest BCUT2D eigenvalue weighted by Crippen LogP contribution is -2.21. The van der Waals surface area contributed by atoms with Crippen molar-refractivity contribution in [2.24, 2.45) is 0 Å². The average Bonchev–Trinajstić information content (AvgIpc) is 3.11. The number of nitriles is 1. The highest BCUT2D eigenvalue weighted by molar-refractivity contribution is 5.93. The van der Waals surface area contributed by atoms with E-state index in [0.29, 0.717) is 23.3 Å². The van der Waals surface area contributed by atoms with E-state index in [9.17, 15) is 10.1 Å². The number of amides is 1. The molecule has 0 radical (unpaired) electrons. The van der Waals surface area contributed by atoms with Crippen LogP contribution >= 0.6 is 0 Å². The molecule has 2 heterocycles. The number of hydrogen-bond donors (Lipinski definition) is 1. The summed E-state index contributed by atoms with van der Waals surface area (Å²) in [7, 11) is 3.48. The van der Waals surface area contributed by atoms with Crippen LogP contribution in [0.1, 0.15) is 27.0 Å². The predicted molar refractivity (Wildman–Crippen MR) is 114 cm³/mol. The summed E-state index contributed by atoms with van der Waals surface area (Å²) >= 11 is 0. The van der Waals surface area contributed by atoms with Crippen LogP contribution in [0.5, 0.6) is 0 Å². The molecule has 0 fully saturated rings. The van der Waals surface area contributed by atoms with Crippen LogP contribution in [-0.2, 0) is 6.54 Å². The van der Waals surface area contributed by atoms with Crippen molar-refractivity contribution in [3.63, 3.8) is 0 Å². The third-order valence-electron chi connectivity index (χ3n) is 4.97. The van der Waals surface area contributed by atoms with Crippen LogP contribution in [0.3, 0.4) is 0 Å². The largest absolute Gasteiger partial charge is 0.367 e. The minimum Gasteiger partial charge on any atom is -0.367 e. The molecule has 0 aliphatic rings. The Hall–Kier alpha value is -3.85. The number of benzene rings is 2.